The van der Waals surface area contributed by atoms with Gasteiger partial charge in [-0.05, 0) is 6.07 Å². The molecule has 5 atom stereocenters. The highest BCUT2D eigenvalue weighted by Crippen LogP contribution is 2.29. The minimum absolute atomic E-state index is 0.0227. The average molecular weight is 267 g/mol. The number of nitrogens with two attached hydrogens (primary N) is 1. The Morgan fingerprint density at radius 3 is 2.79 bits per heavy atom. The lowest BCUT2D eigenvalue weighted by molar-refractivity contribution is -0.0703. The molecule has 0 radical (unpaired) electrons. The first kappa shape index (κ1) is 13.5. The molecule has 5 N–H and O–H groups in total. The maximum Gasteiger partial charge on any atom is 0.351 e. The summed E-state index contributed by atoms with van der Waals surface area (Å²) in [5.74, 6) is 2.01. The molecule has 1 saturated heterocycles. The third kappa shape index (κ3) is 2.32. The molecule has 8 heteroatoms. The van der Waals surface area contributed by atoms with Crippen LogP contribution < -0.4 is 11.4 Å². The van der Waals surface area contributed by atoms with Gasteiger partial charge in [-0.25, -0.2) is 4.79 Å². The number of nitrogen functional groups attached to an aromatic ring is 1. The summed E-state index contributed by atoms with van der Waals surface area (Å²) in [7, 11) is 0. The number of terminal acetylenes is 1. The molecule has 1 aliphatic heterocycles. The van der Waals surface area contributed by atoms with Gasteiger partial charge in [0.25, 0.3) is 0 Å². The minimum Gasteiger partial charge on any atom is -0.387 e. The Kier molecular flexibility index (Phi) is 3.55. The molecule has 0 saturated carbocycles. The molecule has 0 spiro atoms. The van der Waals surface area contributed by atoms with Crippen molar-refractivity contribution in [3.05, 3.63) is 22.7 Å². The Bertz CT molecular complexity index is 566. The molecule has 2 rings (SSSR count). The van der Waals surface area contributed by atoms with Gasteiger partial charge in [0.05, 0.1) is 0 Å². The highest BCUT2D eigenvalue weighted by atomic mass is 16.6. The fourth-order valence-corrected chi connectivity index (χ4v) is 1.89. The first-order valence-corrected chi connectivity index (χ1v) is 5.46. The highest BCUT2D eigenvalue weighted by molar-refractivity contribution is 5.23. The molecule has 0 aromatic carbocycles. The maximum absolute atomic E-state index is 11.6. The van der Waals surface area contributed by atoms with Gasteiger partial charge < -0.3 is 25.8 Å². The van der Waals surface area contributed by atoms with Crippen LogP contribution in [0.3, 0.4) is 0 Å². The summed E-state index contributed by atoms with van der Waals surface area (Å²) < 4.78 is 6.20. The van der Waals surface area contributed by atoms with E-state index in [1.165, 1.54) is 12.3 Å². The smallest absolute Gasteiger partial charge is 0.351 e. The normalized spacial score (nSPS) is 31.9. The number of hydrogen-bond acceptors (Lipinski definition) is 7. The lowest BCUT2D eigenvalue weighted by atomic mass is 10.1. The lowest BCUT2D eigenvalue weighted by Crippen LogP contribution is -2.38. The van der Waals surface area contributed by atoms with Crippen molar-refractivity contribution in [1.82, 2.24) is 9.55 Å². The van der Waals surface area contributed by atoms with Crippen molar-refractivity contribution < 1.29 is 20.1 Å². The quantitative estimate of drug-likeness (QED) is 0.433. The van der Waals surface area contributed by atoms with E-state index < -0.39 is 36.3 Å². The van der Waals surface area contributed by atoms with Gasteiger partial charge >= 0.3 is 5.69 Å². The van der Waals surface area contributed by atoms with E-state index in [2.05, 4.69) is 4.98 Å². The molecule has 19 heavy (non-hydrogen) atoms. The number of aliphatic hydroxyl groups excluding tert-OH is 3. The summed E-state index contributed by atoms with van der Waals surface area (Å²) in [6, 6.07) is 1.34. The molecule has 1 fully saturated rings. The van der Waals surface area contributed by atoms with E-state index in [0.29, 0.717) is 0 Å². The van der Waals surface area contributed by atoms with E-state index in [0.717, 1.165) is 4.57 Å². The summed E-state index contributed by atoms with van der Waals surface area (Å²) in [6.45, 7) is 0. The molecule has 0 bridgehead atoms. The van der Waals surface area contributed by atoms with Gasteiger partial charge in [0.15, 0.2) is 6.23 Å². The molecule has 0 amide bonds. The van der Waals surface area contributed by atoms with Crippen molar-refractivity contribution in [2.24, 2.45) is 0 Å². The van der Waals surface area contributed by atoms with E-state index in [1.54, 1.807) is 0 Å². The van der Waals surface area contributed by atoms with Gasteiger partial charge in [-0.3, -0.25) is 4.57 Å². The van der Waals surface area contributed by atoms with Crippen molar-refractivity contribution >= 4 is 5.82 Å². The molecule has 102 valence electrons. The van der Waals surface area contributed by atoms with Crippen LogP contribution in [0.1, 0.15) is 6.23 Å². The standard InChI is InChI=1S/C11H13N3O5/c1-2-5(15)9-7(16)8(17)10(19-9)14-4-3-6(12)13-11(14)18/h1,3-5,7-10,15-17H,(H2,12,13,18)/t5?,7-,8+,9+,10+/m0/s1. The van der Waals surface area contributed by atoms with Crippen LogP contribution in [0.15, 0.2) is 17.1 Å². The Hall–Kier alpha value is -1.92. The molecule has 0 aliphatic carbocycles. The first-order valence-electron chi connectivity index (χ1n) is 5.46. The van der Waals surface area contributed by atoms with Crippen LogP contribution in [0.5, 0.6) is 0 Å². The molecule has 2 heterocycles. The first-order chi connectivity index (χ1) is 8.95. The summed E-state index contributed by atoms with van der Waals surface area (Å²) in [5.41, 5.74) is 4.60. The largest absolute Gasteiger partial charge is 0.387 e. The predicted octanol–water partition coefficient (Wildman–Crippen LogP) is -2.56. The van der Waals surface area contributed by atoms with Gasteiger partial charge in [0.2, 0.25) is 0 Å². The van der Waals surface area contributed by atoms with Crippen LogP contribution in [0.4, 0.5) is 5.82 Å². The Labute approximate surface area is 108 Å². The van der Waals surface area contributed by atoms with E-state index >= 15 is 0 Å². The number of nitrogens with zero attached hydrogens (tertiary/aromatic N) is 2. The van der Waals surface area contributed by atoms with E-state index in [-0.39, 0.29) is 5.82 Å². The van der Waals surface area contributed by atoms with Gasteiger partial charge in [0.1, 0.15) is 30.2 Å². The average Bonchev–Trinajstić information content (AvgIpc) is 2.66. The summed E-state index contributed by atoms with van der Waals surface area (Å²) in [5, 5.41) is 29.1. The maximum atomic E-state index is 11.6. The Morgan fingerprint density at radius 1 is 1.53 bits per heavy atom. The van der Waals surface area contributed by atoms with E-state index in [9.17, 15) is 20.1 Å². The second-order valence-corrected chi connectivity index (χ2v) is 4.13. The molecule has 1 aromatic rings. The van der Waals surface area contributed by atoms with Crippen LogP contribution in [-0.2, 0) is 4.74 Å². The number of ether oxygens (including phenoxy) is 1. The number of rotatable bonds is 2. The van der Waals surface area contributed by atoms with Gasteiger partial charge in [-0.2, -0.15) is 4.98 Å². The number of aromatic nitrogens is 2. The number of aliphatic hydroxyl groups is 3. The molecule has 1 aromatic heterocycles. The SMILES string of the molecule is C#CC(O)[C@H]1O[C@@H](n2ccc(N)nc2=O)[C@H](O)[C@@H]1O. The van der Waals surface area contributed by atoms with Crippen molar-refractivity contribution in [3.8, 4) is 12.3 Å². The second kappa shape index (κ2) is 4.99. The lowest BCUT2D eigenvalue weighted by Gasteiger charge is -2.17. The zero-order chi connectivity index (χ0) is 14.2. The van der Waals surface area contributed by atoms with Crippen molar-refractivity contribution in [2.75, 3.05) is 5.73 Å². The van der Waals surface area contributed by atoms with E-state index in [4.69, 9.17) is 16.9 Å². The third-order valence-corrected chi connectivity index (χ3v) is 2.88. The molecular weight excluding hydrogens is 254 g/mol. The monoisotopic (exact) mass is 267 g/mol. The summed E-state index contributed by atoms with van der Waals surface area (Å²) in [6.07, 6.45) is -0.312. The molecule has 1 unspecified atom stereocenters. The zero-order valence-corrected chi connectivity index (χ0v) is 9.75. The van der Waals surface area contributed by atoms with Gasteiger partial charge in [0, 0.05) is 6.20 Å². The van der Waals surface area contributed by atoms with Crippen molar-refractivity contribution in [2.45, 2.75) is 30.6 Å². The Balaban J connectivity index is 2.32. The van der Waals surface area contributed by atoms with Gasteiger partial charge in [-0.15, -0.1) is 6.42 Å². The van der Waals surface area contributed by atoms with Crippen LogP contribution in [0.25, 0.3) is 0 Å². The number of anilines is 1. The minimum atomic E-state index is -1.42. The molecule has 1 aliphatic rings. The fourth-order valence-electron chi connectivity index (χ4n) is 1.89. The van der Waals surface area contributed by atoms with Crippen LogP contribution >= 0.6 is 0 Å². The predicted molar refractivity (Wildman–Crippen MR) is 63.7 cm³/mol. The van der Waals surface area contributed by atoms with Crippen molar-refractivity contribution in [1.29, 1.82) is 0 Å². The molecule has 8 nitrogen and oxygen atoms in total. The fraction of sp³-hybridized carbons (Fsp3) is 0.455. The summed E-state index contributed by atoms with van der Waals surface area (Å²) in [4.78, 5) is 15.1. The molecular formula is C11H13N3O5. The van der Waals surface area contributed by atoms with Crippen molar-refractivity contribution in [3.63, 3.8) is 0 Å². The van der Waals surface area contributed by atoms with Crippen LogP contribution in [0, 0.1) is 12.3 Å². The summed E-state index contributed by atoms with van der Waals surface area (Å²) >= 11 is 0. The van der Waals surface area contributed by atoms with Gasteiger partial charge in [-0.1, -0.05) is 5.92 Å². The van der Waals surface area contributed by atoms with E-state index in [1.807, 2.05) is 5.92 Å². The topological polar surface area (TPSA) is 131 Å². The van der Waals surface area contributed by atoms with Crippen LogP contribution in [-0.4, -0.2) is 49.3 Å². The Morgan fingerprint density at radius 2 is 2.21 bits per heavy atom. The van der Waals surface area contributed by atoms with Crippen LogP contribution in [0.2, 0.25) is 0 Å². The number of hydrogen-bond donors (Lipinski definition) is 4. The highest BCUT2D eigenvalue weighted by Gasteiger charge is 2.46. The second-order valence-electron chi connectivity index (χ2n) is 4.13. The third-order valence-electron chi connectivity index (χ3n) is 2.88. The zero-order valence-electron chi connectivity index (χ0n) is 9.75.